The molecule has 2 nitrogen and oxygen atoms in total. The number of rotatable bonds is 5. The first-order valence-electron chi connectivity index (χ1n) is 6.57. The van der Waals surface area contributed by atoms with Gasteiger partial charge < -0.3 is 10.4 Å². The minimum absolute atomic E-state index is 0.124. The average molecular weight is 310 g/mol. The number of para-hydroxylation sites is 1. The van der Waals surface area contributed by atoms with Crippen molar-refractivity contribution in [2.75, 3.05) is 0 Å². The topological polar surface area (TPSA) is 32.3 Å². The lowest BCUT2D eigenvalue weighted by molar-refractivity contribution is 0.455. The molecular weight excluding hydrogens is 293 g/mol. The second-order valence-corrected chi connectivity index (χ2v) is 5.48. The summed E-state index contributed by atoms with van der Waals surface area (Å²) in [5.74, 6) is 0.303. The summed E-state index contributed by atoms with van der Waals surface area (Å²) in [7, 11) is 0. The number of nitrogens with one attached hydrogen (secondary N) is 1. The maximum atomic E-state index is 9.77. The Labute approximate surface area is 129 Å². The third kappa shape index (κ3) is 3.66. The molecule has 0 fully saturated rings. The highest BCUT2D eigenvalue weighted by atomic mass is 35.5. The maximum Gasteiger partial charge on any atom is 0.120 e. The molecule has 0 aliphatic carbocycles. The van der Waals surface area contributed by atoms with E-state index in [4.69, 9.17) is 23.2 Å². The highest BCUT2D eigenvalue weighted by molar-refractivity contribution is 6.35. The van der Waals surface area contributed by atoms with E-state index in [1.165, 1.54) is 0 Å². The monoisotopic (exact) mass is 309 g/mol. The summed E-state index contributed by atoms with van der Waals surface area (Å²) in [5.41, 5.74) is 1.89. The standard InChI is InChI=1S/C16H17Cl2NO/c1-2-15(13-8-7-12(17)9-14(13)18)19-10-11-5-3-4-6-16(11)20/h3-9,15,19-20H,2,10H2,1H3. The summed E-state index contributed by atoms with van der Waals surface area (Å²) in [6.07, 6.45) is 0.898. The Morgan fingerprint density at radius 3 is 2.55 bits per heavy atom. The Bertz CT molecular complexity index is 586. The van der Waals surface area contributed by atoms with Gasteiger partial charge in [-0.3, -0.25) is 0 Å². The molecule has 2 aromatic rings. The molecule has 2 N–H and O–H groups in total. The SMILES string of the molecule is CCC(NCc1ccccc1O)c1ccc(Cl)cc1Cl. The molecule has 0 aromatic heterocycles. The van der Waals surface area contributed by atoms with E-state index in [2.05, 4.69) is 12.2 Å². The van der Waals surface area contributed by atoms with Crippen LogP contribution in [-0.2, 0) is 6.54 Å². The summed E-state index contributed by atoms with van der Waals surface area (Å²) in [6, 6.07) is 13.0. The summed E-state index contributed by atoms with van der Waals surface area (Å²) in [6.45, 7) is 2.68. The minimum atomic E-state index is 0.124. The van der Waals surface area contributed by atoms with Crippen molar-refractivity contribution in [1.82, 2.24) is 5.32 Å². The number of benzene rings is 2. The van der Waals surface area contributed by atoms with Crippen LogP contribution in [0.2, 0.25) is 10.0 Å². The highest BCUT2D eigenvalue weighted by Gasteiger charge is 2.13. The van der Waals surface area contributed by atoms with Crippen molar-refractivity contribution in [3.05, 3.63) is 63.6 Å². The second kappa shape index (κ2) is 6.98. The molecule has 0 bridgehead atoms. The van der Waals surface area contributed by atoms with Gasteiger partial charge in [-0.25, -0.2) is 0 Å². The number of hydrogen-bond donors (Lipinski definition) is 2. The van der Waals surface area contributed by atoms with E-state index in [-0.39, 0.29) is 6.04 Å². The molecular formula is C16H17Cl2NO. The fraction of sp³-hybridized carbons (Fsp3) is 0.250. The molecule has 0 aliphatic rings. The molecule has 106 valence electrons. The predicted molar refractivity (Wildman–Crippen MR) is 84.4 cm³/mol. The van der Waals surface area contributed by atoms with Gasteiger partial charge in [0.15, 0.2) is 0 Å². The molecule has 20 heavy (non-hydrogen) atoms. The smallest absolute Gasteiger partial charge is 0.120 e. The molecule has 1 unspecified atom stereocenters. The van der Waals surface area contributed by atoms with E-state index < -0.39 is 0 Å². The van der Waals surface area contributed by atoms with Gasteiger partial charge in [0.2, 0.25) is 0 Å². The van der Waals surface area contributed by atoms with E-state index in [1.807, 2.05) is 30.3 Å². The lowest BCUT2D eigenvalue weighted by Gasteiger charge is -2.19. The van der Waals surface area contributed by atoms with Crippen molar-refractivity contribution in [3.8, 4) is 5.75 Å². The van der Waals surface area contributed by atoms with Crippen LogP contribution in [-0.4, -0.2) is 5.11 Å². The van der Waals surface area contributed by atoms with Crippen molar-refractivity contribution < 1.29 is 5.11 Å². The Morgan fingerprint density at radius 1 is 1.15 bits per heavy atom. The second-order valence-electron chi connectivity index (χ2n) is 4.64. The maximum absolute atomic E-state index is 9.77. The molecule has 0 saturated carbocycles. The summed E-state index contributed by atoms with van der Waals surface area (Å²) in [4.78, 5) is 0. The third-order valence-electron chi connectivity index (χ3n) is 3.28. The molecule has 2 rings (SSSR count). The molecule has 0 amide bonds. The van der Waals surface area contributed by atoms with Gasteiger partial charge >= 0.3 is 0 Å². The molecule has 0 aliphatic heterocycles. The zero-order chi connectivity index (χ0) is 14.5. The van der Waals surface area contributed by atoms with Crippen LogP contribution < -0.4 is 5.32 Å². The Kier molecular flexibility index (Phi) is 5.30. The van der Waals surface area contributed by atoms with Gasteiger partial charge in [-0.15, -0.1) is 0 Å². The zero-order valence-electron chi connectivity index (χ0n) is 11.2. The summed E-state index contributed by atoms with van der Waals surface area (Å²) >= 11 is 12.2. The fourth-order valence-corrected chi connectivity index (χ4v) is 2.69. The molecule has 2 aromatic carbocycles. The van der Waals surface area contributed by atoms with Crippen LogP contribution in [0.25, 0.3) is 0 Å². The van der Waals surface area contributed by atoms with Gasteiger partial charge in [-0.2, -0.15) is 0 Å². The largest absolute Gasteiger partial charge is 0.508 e. The van der Waals surface area contributed by atoms with Crippen molar-refractivity contribution in [1.29, 1.82) is 0 Å². The van der Waals surface area contributed by atoms with Crippen LogP contribution in [0, 0.1) is 0 Å². The molecule has 0 radical (unpaired) electrons. The third-order valence-corrected chi connectivity index (χ3v) is 3.84. The molecule has 0 heterocycles. The first kappa shape index (κ1) is 15.2. The Morgan fingerprint density at radius 2 is 1.90 bits per heavy atom. The normalized spacial score (nSPS) is 12.3. The minimum Gasteiger partial charge on any atom is -0.508 e. The number of halogens is 2. The van der Waals surface area contributed by atoms with Gasteiger partial charge in [0, 0.05) is 28.2 Å². The summed E-state index contributed by atoms with van der Waals surface area (Å²) < 4.78 is 0. The lowest BCUT2D eigenvalue weighted by atomic mass is 10.0. The van der Waals surface area contributed by atoms with E-state index in [0.717, 1.165) is 17.5 Å². The Hall–Kier alpha value is -1.22. The first-order valence-corrected chi connectivity index (χ1v) is 7.32. The fourth-order valence-electron chi connectivity index (χ4n) is 2.15. The average Bonchev–Trinajstić information content (AvgIpc) is 2.43. The number of phenolic OH excluding ortho intramolecular Hbond substituents is 1. The van der Waals surface area contributed by atoms with E-state index in [1.54, 1.807) is 12.1 Å². The molecule has 0 spiro atoms. The van der Waals surface area contributed by atoms with Crippen LogP contribution >= 0.6 is 23.2 Å². The summed E-state index contributed by atoms with van der Waals surface area (Å²) in [5, 5.41) is 14.5. The zero-order valence-corrected chi connectivity index (χ0v) is 12.7. The molecule has 1 atom stereocenters. The van der Waals surface area contributed by atoms with Crippen LogP contribution in [0.3, 0.4) is 0 Å². The van der Waals surface area contributed by atoms with Crippen LogP contribution in [0.4, 0.5) is 0 Å². The van der Waals surface area contributed by atoms with Gasteiger partial charge in [0.25, 0.3) is 0 Å². The van der Waals surface area contributed by atoms with Crippen molar-refractivity contribution >= 4 is 23.2 Å². The lowest BCUT2D eigenvalue weighted by Crippen LogP contribution is -2.20. The molecule has 4 heteroatoms. The van der Waals surface area contributed by atoms with Crippen molar-refractivity contribution in [2.24, 2.45) is 0 Å². The van der Waals surface area contributed by atoms with Gasteiger partial charge in [0.05, 0.1) is 0 Å². The first-order chi connectivity index (χ1) is 9.61. The predicted octanol–water partition coefficient (Wildman–Crippen LogP) is 4.94. The van der Waals surface area contributed by atoms with Crippen LogP contribution in [0.1, 0.15) is 30.5 Å². The van der Waals surface area contributed by atoms with Crippen molar-refractivity contribution in [3.63, 3.8) is 0 Å². The van der Waals surface area contributed by atoms with Crippen LogP contribution in [0.15, 0.2) is 42.5 Å². The number of phenols is 1. The molecule has 0 saturated heterocycles. The Balaban J connectivity index is 2.11. The van der Waals surface area contributed by atoms with Gasteiger partial charge in [0.1, 0.15) is 5.75 Å². The highest BCUT2D eigenvalue weighted by Crippen LogP contribution is 2.28. The quantitative estimate of drug-likeness (QED) is 0.820. The van der Waals surface area contributed by atoms with Gasteiger partial charge in [-0.05, 0) is 30.2 Å². The van der Waals surface area contributed by atoms with Crippen molar-refractivity contribution in [2.45, 2.75) is 25.9 Å². The number of hydrogen-bond acceptors (Lipinski definition) is 2. The van der Waals surface area contributed by atoms with Gasteiger partial charge in [-0.1, -0.05) is 54.4 Å². The van der Waals surface area contributed by atoms with E-state index in [0.29, 0.717) is 22.3 Å². The van der Waals surface area contributed by atoms with Crippen LogP contribution in [0.5, 0.6) is 5.75 Å². The number of aromatic hydroxyl groups is 1. The van der Waals surface area contributed by atoms with E-state index in [9.17, 15) is 5.11 Å². The van der Waals surface area contributed by atoms with E-state index >= 15 is 0 Å².